The molecule has 0 atom stereocenters. The number of carbonyl (C=O) groups excluding carboxylic acids is 2. The summed E-state index contributed by atoms with van der Waals surface area (Å²) < 4.78 is 10.3. The van der Waals surface area contributed by atoms with Crippen LogP contribution < -0.4 is 0 Å². The van der Waals surface area contributed by atoms with E-state index in [1.54, 1.807) is 0 Å². The lowest BCUT2D eigenvalue weighted by Gasteiger charge is -2.18. The highest BCUT2D eigenvalue weighted by Crippen LogP contribution is 2.37. The fraction of sp³-hybridized carbons (Fsp3) is 0.238. The molecule has 0 unspecified atom stereocenters. The monoisotopic (exact) mass is 608 g/mol. The molecule has 0 aromatic heterocycles. The number of carbonyl (C=O) groups is 2. The summed E-state index contributed by atoms with van der Waals surface area (Å²) in [5.41, 5.74) is 8.29. The third-order valence-electron chi connectivity index (χ3n) is 7.38. The maximum absolute atomic E-state index is 12.3. The van der Waals surface area contributed by atoms with Gasteiger partial charge < -0.3 is 9.47 Å². The van der Waals surface area contributed by atoms with E-state index in [9.17, 15) is 9.59 Å². The van der Waals surface area contributed by atoms with Crippen LogP contribution in [0.1, 0.15) is 85.8 Å². The van der Waals surface area contributed by atoms with E-state index in [2.05, 4.69) is 109 Å². The number of hydrogen-bond acceptors (Lipinski definition) is 4. The summed E-state index contributed by atoms with van der Waals surface area (Å²) in [6, 6.07) is 37.2. The first-order valence-corrected chi connectivity index (χ1v) is 15.9. The van der Waals surface area contributed by atoms with Gasteiger partial charge in [-0.05, 0) is 77.4 Å². The highest BCUT2D eigenvalue weighted by molar-refractivity contribution is 6.04. The van der Waals surface area contributed by atoms with Gasteiger partial charge in [0, 0.05) is 24.0 Å². The van der Waals surface area contributed by atoms with E-state index < -0.39 is 5.97 Å². The molecule has 0 saturated carbocycles. The molecular weight excluding hydrogens is 568 g/mol. The Hall–Kier alpha value is -5.32. The van der Waals surface area contributed by atoms with Crippen LogP contribution in [0.3, 0.4) is 0 Å². The third kappa shape index (κ3) is 10.7. The van der Waals surface area contributed by atoms with Gasteiger partial charge in [0.15, 0.2) is 0 Å². The average molecular weight is 609 g/mol. The molecule has 0 amide bonds. The van der Waals surface area contributed by atoms with Crippen LogP contribution in [0.5, 0.6) is 0 Å². The van der Waals surface area contributed by atoms with Gasteiger partial charge >= 0.3 is 11.9 Å². The van der Waals surface area contributed by atoms with Crippen molar-refractivity contribution in [3.8, 4) is 23.7 Å². The highest BCUT2D eigenvalue weighted by atomic mass is 16.5. The zero-order valence-electron chi connectivity index (χ0n) is 26.7. The number of ether oxygens (including phenoxy) is 2. The van der Waals surface area contributed by atoms with Crippen LogP contribution in [0.4, 0.5) is 0 Å². The molecule has 4 aromatic carbocycles. The Morgan fingerprint density at radius 2 is 0.935 bits per heavy atom. The number of rotatable bonds is 13. The van der Waals surface area contributed by atoms with E-state index in [-0.39, 0.29) is 5.97 Å². The van der Waals surface area contributed by atoms with Crippen LogP contribution in [0, 0.1) is 23.7 Å². The van der Waals surface area contributed by atoms with Gasteiger partial charge in [-0.2, -0.15) is 0 Å². The molecule has 0 N–H and O–H groups in total. The number of hydrogen-bond donors (Lipinski definition) is 0. The van der Waals surface area contributed by atoms with Gasteiger partial charge in [0.25, 0.3) is 0 Å². The molecule has 4 rings (SSSR count). The van der Waals surface area contributed by atoms with Crippen LogP contribution in [0.15, 0.2) is 109 Å². The molecule has 0 aliphatic heterocycles. The predicted molar refractivity (Wildman–Crippen MR) is 186 cm³/mol. The van der Waals surface area contributed by atoms with Crippen molar-refractivity contribution in [2.45, 2.75) is 52.4 Å². The molecule has 0 spiro atoms. The Labute approximate surface area is 273 Å². The summed E-state index contributed by atoms with van der Waals surface area (Å²) in [6.45, 7) is 4.11. The zero-order chi connectivity index (χ0) is 32.4. The predicted octanol–water partition coefficient (Wildman–Crippen LogP) is 8.86. The fourth-order valence-electron chi connectivity index (χ4n) is 5.16. The first kappa shape index (κ1) is 33.6. The summed E-state index contributed by atoms with van der Waals surface area (Å²) >= 11 is 0. The first-order valence-electron chi connectivity index (χ1n) is 15.9. The van der Waals surface area contributed by atoms with E-state index in [0.29, 0.717) is 13.2 Å². The second-order valence-corrected chi connectivity index (χ2v) is 10.9. The van der Waals surface area contributed by atoms with Gasteiger partial charge in [0.1, 0.15) is 0 Å². The smallest absolute Gasteiger partial charge is 0.384 e. The summed E-state index contributed by atoms with van der Waals surface area (Å²) in [4.78, 5) is 23.0. The normalized spacial score (nSPS) is 10.8. The molecule has 0 aliphatic carbocycles. The summed E-state index contributed by atoms with van der Waals surface area (Å²) in [5.74, 6) is 11.0. The maximum Gasteiger partial charge on any atom is 0.384 e. The lowest BCUT2D eigenvalue weighted by Crippen LogP contribution is -2.03. The molecule has 0 aliphatic rings. The summed E-state index contributed by atoms with van der Waals surface area (Å²) in [5, 5.41) is 0. The third-order valence-corrected chi connectivity index (χ3v) is 7.38. The fourth-order valence-corrected chi connectivity index (χ4v) is 5.16. The average Bonchev–Trinajstić information content (AvgIpc) is 3.08. The molecule has 4 nitrogen and oxygen atoms in total. The van der Waals surface area contributed by atoms with Crippen molar-refractivity contribution in [3.05, 3.63) is 143 Å². The molecule has 0 saturated heterocycles. The van der Waals surface area contributed by atoms with Crippen LogP contribution in [-0.2, 0) is 19.1 Å². The second-order valence-electron chi connectivity index (χ2n) is 10.9. The number of benzene rings is 4. The van der Waals surface area contributed by atoms with Crippen LogP contribution in [-0.4, -0.2) is 25.2 Å². The van der Waals surface area contributed by atoms with Crippen molar-refractivity contribution in [1.29, 1.82) is 0 Å². The first-order chi connectivity index (χ1) is 22.5. The van der Waals surface area contributed by atoms with Crippen molar-refractivity contribution < 1.29 is 19.1 Å². The van der Waals surface area contributed by atoms with Gasteiger partial charge in [0.05, 0.1) is 13.2 Å². The quantitative estimate of drug-likeness (QED) is 0.0659. The SMILES string of the molecule is CC#Cc1ccc(/C(=C(\c2ccccc2)c2ccc(C#CC(=O)OCCCCCCCCOC(C)=O)cc2)c2ccccc2)cc1. The standard InChI is InChI=1S/C42H40O4/c1-3-16-34-21-26-38(27-22-34)41(36-17-10-8-11-18-36)42(37-19-12-9-13-20-37)39-28-23-35(24-29-39)25-30-40(44)46-32-15-7-5-4-6-14-31-45-33(2)43/h8-13,17-24,26-29H,4-7,14-15,31-32H2,1-2H3/b42-41+. The summed E-state index contributed by atoms with van der Waals surface area (Å²) in [6.07, 6.45) is 5.81. The number of esters is 2. The Morgan fingerprint density at radius 1 is 0.522 bits per heavy atom. The van der Waals surface area contributed by atoms with E-state index in [1.807, 2.05) is 31.2 Å². The van der Waals surface area contributed by atoms with Crippen molar-refractivity contribution >= 4 is 23.1 Å². The molecule has 46 heavy (non-hydrogen) atoms. The second kappa shape index (κ2) is 18.5. The van der Waals surface area contributed by atoms with Gasteiger partial charge in [-0.1, -0.05) is 122 Å². The van der Waals surface area contributed by atoms with E-state index in [4.69, 9.17) is 9.47 Å². The van der Waals surface area contributed by atoms with E-state index in [1.165, 1.54) is 6.92 Å². The minimum atomic E-state index is -0.516. The Morgan fingerprint density at radius 3 is 1.39 bits per heavy atom. The van der Waals surface area contributed by atoms with E-state index in [0.717, 1.165) is 83.1 Å². The van der Waals surface area contributed by atoms with Crippen molar-refractivity contribution in [2.75, 3.05) is 13.2 Å². The largest absolute Gasteiger partial charge is 0.466 e. The van der Waals surface area contributed by atoms with Gasteiger partial charge in [0.2, 0.25) is 0 Å². The van der Waals surface area contributed by atoms with E-state index >= 15 is 0 Å². The van der Waals surface area contributed by atoms with Crippen molar-refractivity contribution in [2.24, 2.45) is 0 Å². The molecule has 0 radical (unpaired) electrons. The van der Waals surface area contributed by atoms with Gasteiger partial charge in [-0.3, -0.25) is 4.79 Å². The minimum Gasteiger partial charge on any atom is -0.466 e. The molecule has 0 bridgehead atoms. The Balaban J connectivity index is 1.47. The maximum atomic E-state index is 12.3. The zero-order valence-corrected chi connectivity index (χ0v) is 26.7. The van der Waals surface area contributed by atoms with Crippen LogP contribution in [0.2, 0.25) is 0 Å². The lowest BCUT2D eigenvalue weighted by molar-refractivity contribution is -0.141. The lowest BCUT2D eigenvalue weighted by atomic mass is 9.85. The molecule has 232 valence electrons. The molecule has 4 aromatic rings. The van der Waals surface area contributed by atoms with Gasteiger partial charge in [-0.15, -0.1) is 5.92 Å². The minimum absolute atomic E-state index is 0.232. The van der Waals surface area contributed by atoms with Crippen molar-refractivity contribution in [1.82, 2.24) is 0 Å². The molecule has 0 heterocycles. The topological polar surface area (TPSA) is 52.6 Å². The number of unbranched alkanes of at least 4 members (excludes halogenated alkanes) is 5. The van der Waals surface area contributed by atoms with Gasteiger partial charge in [-0.25, -0.2) is 4.79 Å². The Kier molecular flexibility index (Phi) is 13.5. The molecule has 0 fully saturated rings. The van der Waals surface area contributed by atoms with Crippen LogP contribution >= 0.6 is 0 Å². The van der Waals surface area contributed by atoms with Crippen molar-refractivity contribution in [3.63, 3.8) is 0 Å². The van der Waals surface area contributed by atoms with Crippen LogP contribution in [0.25, 0.3) is 11.1 Å². The highest BCUT2D eigenvalue weighted by Gasteiger charge is 2.16. The molecular formula is C42H40O4. The summed E-state index contributed by atoms with van der Waals surface area (Å²) in [7, 11) is 0. The Bertz CT molecular complexity index is 1710. The molecule has 4 heteroatoms.